The molecule has 0 bridgehead atoms. The normalized spacial score (nSPS) is 11.2. The van der Waals surface area contributed by atoms with Crippen molar-refractivity contribution in [3.63, 3.8) is 0 Å². The Hall–Kier alpha value is -2.46. The number of rotatable bonds is 3. The average Bonchev–Trinajstić information content (AvgIpc) is 2.48. The number of amides is 1. The van der Waals surface area contributed by atoms with Gasteiger partial charge in [-0.25, -0.2) is 0 Å². The van der Waals surface area contributed by atoms with Crippen molar-refractivity contribution in [2.75, 3.05) is 5.32 Å². The predicted octanol–water partition coefficient (Wildman–Crippen LogP) is 0.736. The smallest absolute Gasteiger partial charge is 0.423 e. The summed E-state index contributed by atoms with van der Waals surface area (Å²) in [6, 6.07) is 2.64. The second-order valence-electron chi connectivity index (χ2n) is 4.65. The summed E-state index contributed by atoms with van der Waals surface area (Å²) < 4.78 is 37.9. The Kier molecular flexibility index (Phi) is 4.67. The van der Waals surface area contributed by atoms with Crippen molar-refractivity contribution in [2.45, 2.75) is 13.1 Å². The molecule has 0 atom stereocenters. The minimum Gasteiger partial charge on any atom is -0.423 e. The fourth-order valence-corrected chi connectivity index (χ4v) is 1.81. The summed E-state index contributed by atoms with van der Waals surface area (Å²) in [6.45, 7) is 1.54. The molecule has 2 rings (SSSR count). The van der Waals surface area contributed by atoms with Gasteiger partial charge in [-0.15, -0.1) is 0 Å². The molecule has 3 N–H and O–H groups in total. The van der Waals surface area contributed by atoms with E-state index < -0.39 is 30.5 Å². The summed E-state index contributed by atoms with van der Waals surface area (Å²) in [5.41, 5.74) is -0.907. The van der Waals surface area contributed by atoms with Crippen LogP contribution in [0.5, 0.6) is 0 Å². The number of pyridine rings is 2. The van der Waals surface area contributed by atoms with Gasteiger partial charge in [-0.2, -0.15) is 13.2 Å². The van der Waals surface area contributed by atoms with Gasteiger partial charge in [0, 0.05) is 17.4 Å². The van der Waals surface area contributed by atoms with E-state index in [9.17, 15) is 28.0 Å². The number of hydrogen-bond donors (Lipinski definition) is 3. The summed E-state index contributed by atoms with van der Waals surface area (Å²) in [5.74, 6) is -0.875. The van der Waals surface area contributed by atoms with Gasteiger partial charge in [-0.05, 0) is 25.1 Å². The van der Waals surface area contributed by atoms with Crippen molar-refractivity contribution in [3.8, 4) is 0 Å². The van der Waals surface area contributed by atoms with Crippen LogP contribution in [0.1, 0.15) is 21.7 Å². The van der Waals surface area contributed by atoms with Gasteiger partial charge in [0.25, 0.3) is 5.91 Å². The third kappa shape index (κ3) is 4.05. The Balaban J connectivity index is 2.24. The molecule has 0 aliphatic rings. The first-order valence-electron chi connectivity index (χ1n) is 6.36. The van der Waals surface area contributed by atoms with Crippen LogP contribution in [0.4, 0.5) is 18.9 Å². The number of nitrogens with one attached hydrogen (secondary N) is 1. The Morgan fingerprint density at radius 1 is 1.26 bits per heavy atom. The fourth-order valence-electron chi connectivity index (χ4n) is 1.81. The Labute approximate surface area is 129 Å². The average molecular weight is 325 g/mol. The molecule has 0 saturated carbocycles. The number of anilines is 1. The molecule has 0 spiro atoms. The van der Waals surface area contributed by atoms with E-state index in [1.807, 2.05) is 0 Å². The molecule has 0 aliphatic heterocycles. The summed E-state index contributed by atoms with van der Waals surface area (Å²) in [4.78, 5) is 19.4. The number of carbonyl (C=O) groups excluding carboxylic acids is 1. The highest BCUT2D eigenvalue weighted by Crippen LogP contribution is 2.29. The number of nitrogens with zero attached hydrogens (tertiary/aromatic N) is 2. The van der Waals surface area contributed by atoms with Gasteiger partial charge in [0.1, 0.15) is 5.69 Å². The zero-order valence-corrected chi connectivity index (χ0v) is 11.8. The van der Waals surface area contributed by atoms with Crippen LogP contribution >= 0.6 is 0 Å². The molecular weight excluding hydrogens is 314 g/mol. The zero-order valence-electron chi connectivity index (χ0n) is 11.8. The lowest BCUT2D eigenvalue weighted by molar-refractivity contribution is -0.137. The first kappa shape index (κ1) is 16.9. The lowest BCUT2D eigenvalue weighted by atomic mass is 9.79. The molecule has 2 heterocycles. The van der Waals surface area contributed by atoms with Crippen LogP contribution in [-0.4, -0.2) is 33.0 Å². The molecule has 0 aliphatic carbocycles. The lowest BCUT2D eigenvalue weighted by Crippen LogP contribution is -2.33. The zero-order chi connectivity index (χ0) is 17.2. The molecular formula is C13H11BF3N3O3. The predicted molar refractivity (Wildman–Crippen MR) is 76.0 cm³/mol. The van der Waals surface area contributed by atoms with Crippen LogP contribution in [0.2, 0.25) is 0 Å². The molecule has 0 unspecified atom stereocenters. The standard InChI is InChI=1S/C13H11BF3N3O3/c1-7-10(14(22)23)5-9(6-19-7)20-12(21)11-4-8(2-3-18-11)13(15,16)17/h2-6,22-23H,1H3,(H,20,21). The molecule has 10 heteroatoms. The summed E-state index contributed by atoms with van der Waals surface area (Å²) in [5, 5.41) is 20.6. The summed E-state index contributed by atoms with van der Waals surface area (Å²) in [6.07, 6.45) is -2.46. The topological polar surface area (TPSA) is 95.3 Å². The minimum atomic E-state index is -4.59. The van der Waals surface area contributed by atoms with Crippen molar-refractivity contribution in [2.24, 2.45) is 0 Å². The van der Waals surface area contributed by atoms with Crippen molar-refractivity contribution in [3.05, 3.63) is 47.5 Å². The second kappa shape index (κ2) is 6.35. The second-order valence-corrected chi connectivity index (χ2v) is 4.65. The monoisotopic (exact) mass is 325 g/mol. The van der Waals surface area contributed by atoms with Crippen LogP contribution in [0.15, 0.2) is 30.6 Å². The van der Waals surface area contributed by atoms with Gasteiger partial charge >= 0.3 is 13.3 Å². The number of hydrogen-bond acceptors (Lipinski definition) is 5. The van der Waals surface area contributed by atoms with E-state index in [1.54, 1.807) is 0 Å². The van der Waals surface area contributed by atoms with Gasteiger partial charge in [-0.1, -0.05) is 0 Å². The molecule has 2 aromatic rings. The number of alkyl halides is 3. The lowest BCUT2D eigenvalue weighted by Gasteiger charge is -2.10. The quantitative estimate of drug-likeness (QED) is 0.724. The molecule has 23 heavy (non-hydrogen) atoms. The van der Waals surface area contributed by atoms with Crippen LogP contribution in [0.3, 0.4) is 0 Å². The van der Waals surface area contributed by atoms with E-state index in [-0.39, 0.29) is 11.2 Å². The van der Waals surface area contributed by atoms with Gasteiger partial charge in [-0.3, -0.25) is 14.8 Å². The van der Waals surface area contributed by atoms with E-state index in [0.717, 1.165) is 12.3 Å². The molecule has 0 radical (unpaired) electrons. The molecule has 0 saturated heterocycles. The number of aromatic nitrogens is 2. The van der Waals surface area contributed by atoms with Gasteiger partial charge in [0.2, 0.25) is 0 Å². The van der Waals surface area contributed by atoms with Gasteiger partial charge in [0.05, 0.1) is 17.4 Å². The number of halogens is 3. The van der Waals surface area contributed by atoms with Crippen molar-refractivity contribution in [1.29, 1.82) is 0 Å². The van der Waals surface area contributed by atoms with Gasteiger partial charge < -0.3 is 15.4 Å². The Bertz CT molecular complexity index is 738. The summed E-state index contributed by atoms with van der Waals surface area (Å²) >= 11 is 0. The van der Waals surface area contributed by atoms with Crippen LogP contribution in [0, 0.1) is 6.92 Å². The van der Waals surface area contributed by atoms with Crippen LogP contribution < -0.4 is 10.8 Å². The third-order valence-corrected chi connectivity index (χ3v) is 2.98. The molecule has 0 fully saturated rings. The van der Waals surface area contributed by atoms with E-state index in [4.69, 9.17) is 0 Å². The highest BCUT2D eigenvalue weighted by molar-refractivity contribution is 6.59. The minimum absolute atomic E-state index is 0.0693. The van der Waals surface area contributed by atoms with Crippen molar-refractivity contribution < 1.29 is 28.0 Å². The van der Waals surface area contributed by atoms with Crippen molar-refractivity contribution in [1.82, 2.24) is 9.97 Å². The Morgan fingerprint density at radius 2 is 1.96 bits per heavy atom. The third-order valence-electron chi connectivity index (χ3n) is 2.98. The molecule has 6 nitrogen and oxygen atoms in total. The maximum atomic E-state index is 12.6. The summed E-state index contributed by atoms with van der Waals surface area (Å²) in [7, 11) is -1.79. The SMILES string of the molecule is Cc1ncc(NC(=O)c2cc(C(F)(F)F)ccn2)cc1B(O)O. The molecule has 0 aromatic carbocycles. The van der Waals surface area contributed by atoms with Gasteiger partial charge in [0.15, 0.2) is 0 Å². The van der Waals surface area contributed by atoms with E-state index in [1.165, 1.54) is 19.2 Å². The van der Waals surface area contributed by atoms with Crippen LogP contribution in [0.25, 0.3) is 0 Å². The van der Waals surface area contributed by atoms with E-state index in [2.05, 4.69) is 15.3 Å². The molecule has 120 valence electrons. The first-order valence-corrected chi connectivity index (χ1v) is 6.36. The molecule has 1 amide bonds. The first-order chi connectivity index (χ1) is 10.7. The fraction of sp³-hybridized carbons (Fsp3) is 0.154. The van der Waals surface area contributed by atoms with E-state index in [0.29, 0.717) is 11.8 Å². The number of aryl methyl sites for hydroxylation is 1. The Morgan fingerprint density at radius 3 is 2.57 bits per heavy atom. The largest absolute Gasteiger partial charge is 0.490 e. The van der Waals surface area contributed by atoms with Crippen molar-refractivity contribution >= 4 is 24.2 Å². The van der Waals surface area contributed by atoms with Crippen LogP contribution in [-0.2, 0) is 6.18 Å². The highest BCUT2D eigenvalue weighted by Gasteiger charge is 2.31. The maximum absolute atomic E-state index is 12.6. The number of carbonyl (C=O) groups is 1. The highest BCUT2D eigenvalue weighted by atomic mass is 19.4. The molecule has 2 aromatic heterocycles. The van der Waals surface area contributed by atoms with E-state index >= 15 is 0 Å². The maximum Gasteiger partial charge on any atom is 0.490 e.